The quantitative estimate of drug-likeness (QED) is 0.683. The smallest absolute Gasteiger partial charge is 0.313 e. The summed E-state index contributed by atoms with van der Waals surface area (Å²) >= 11 is 0. The number of carbonyl (C=O) groups excluding carboxylic acids is 2. The van der Waals surface area contributed by atoms with Crippen molar-refractivity contribution in [1.29, 1.82) is 0 Å². The first-order valence-electron chi connectivity index (χ1n) is 6.14. The van der Waals surface area contributed by atoms with Gasteiger partial charge in [-0.1, -0.05) is 12.1 Å². The lowest BCUT2D eigenvalue weighted by atomic mass is 10.0. The molecule has 1 atom stereocenters. The van der Waals surface area contributed by atoms with Crippen LogP contribution in [0.1, 0.15) is 6.42 Å². The molecule has 0 unspecified atom stereocenters. The van der Waals surface area contributed by atoms with E-state index in [-0.39, 0.29) is 18.8 Å². The van der Waals surface area contributed by atoms with Crippen molar-refractivity contribution < 1.29 is 23.8 Å². The molecule has 1 fully saturated rings. The Labute approximate surface area is 114 Å². The molecule has 2 rings (SSSR count). The van der Waals surface area contributed by atoms with E-state index in [9.17, 15) is 19.1 Å². The normalized spacial score (nSPS) is 21.5. The summed E-state index contributed by atoms with van der Waals surface area (Å²) in [6.07, 6.45) is 0.391. The largest absolute Gasteiger partial charge is 0.386 e. The Morgan fingerprint density at radius 3 is 2.75 bits per heavy atom. The number of carbonyl (C=O) groups is 2. The molecule has 1 heterocycles. The van der Waals surface area contributed by atoms with Crippen LogP contribution in [0.5, 0.6) is 0 Å². The van der Waals surface area contributed by atoms with Gasteiger partial charge in [-0.15, -0.1) is 0 Å². The fraction of sp³-hybridized carbons (Fsp3) is 0.385. The number of amides is 2. The number of nitrogens with one attached hydrogen (secondary N) is 2. The van der Waals surface area contributed by atoms with Crippen LogP contribution in [0.2, 0.25) is 0 Å². The Kier molecular flexibility index (Phi) is 4.31. The van der Waals surface area contributed by atoms with E-state index >= 15 is 0 Å². The summed E-state index contributed by atoms with van der Waals surface area (Å²) in [6, 6.07) is 5.53. The minimum Gasteiger partial charge on any atom is -0.386 e. The van der Waals surface area contributed by atoms with Crippen molar-refractivity contribution >= 4 is 17.5 Å². The minimum absolute atomic E-state index is 0.0736. The van der Waals surface area contributed by atoms with Crippen LogP contribution in [0.25, 0.3) is 0 Å². The number of benzene rings is 1. The molecule has 20 heavy (non-hydrogen) atoms. The molecule has 0 radical (unpaired) electrons. The molecule has 0 aliphatic carbocycles. The van der Waals surface area contributed by atoms with E-state index in [0.717, 1.165) is 0 Å². The average molecular weight is 282 g/mol. The fourth-order valence-corrected chi connectivity index (χ4v) is 1.80. The van der Waals surface area contributed by atoms with Gasteiger partial charge in [0, 0.05) is 19.6 Å². The minimum atomic E-state index is -1.14. The number of ether oxygens (including phenoxy) is 1. The average Bonchev–Trinajstić information content (AvgIpc) is 2.86. The monoisotopic (exact) mass is 282 g/mol. The standard InChI is InChI=1S/C13H15FN2O4/c14-9-3-1-2-4-10(9)16-12(18)11(17)15-7-13(19)5-6-20-8-13/h1-4,19H,5-8H2,(H,15,17)(H,16,18)/t13-/m0/s1. The molecule has 1 saturated heterocycles. The number of halogens is 1. The third-order valence-electron chi connectivity index (χ3n) is 2.99. The van der Waals surface area contributed by atoms with Gasteiger partial charge in [-0.05, 0) is 12.1 Å². The first-order valence-corrected chi connectivity index (χ1v) is 6.14. The highest BCUT2D eigenvalue weighted by Crippen LogP contribution is 2.17. The van der Waals surface area contributed by atoms with Crippen molar-refractivity contribution in [3.05, 3.63) is 30.1 Å². The van der Waals surface area contributed by atoms with Gasteiger partial charge in [0.2, 0.25) is 0 Å². The van der Waals surface area contributed by atoms with Crippen LogP contribution in [-0.4, -0.2) is 42.3 Å². The van der Waals surface area contributed by atoms with E-state index in [1.165, 1.54) is 24.3 Å². The van der Waals surface area contributed by atoms with Crippen LogP contribution >= 0.6 is 0 Å². The summed E-state index contributed by atoms with van der Waals surface area (Å²) in [7, 11) is 0. The molecular formula is C13H15FN2O4. The van der Waals surface area contributed by atoms with Gasteiger partial charge in [-0.2, -0.15) is 0 Å². The zero-order valence-corrected chi connectivity index (χ0v) is 10.7. The number of aliphatic hydroxyl groups is 1. The van der Waals surface area contributed by atoms with Gasteiger partial charge < -0.3 is 20.5 Å². The second-order valence-corrected chi connectivity index (χ2v) is 4.64. The Hall–Kier alpha value is -1.99. The number of anilines is 1. The van der Waals surface area contributed by atoms with Crippen molar-refractivity contribution in [2.75, 3.05) is 25.1 Å². The van der Waals surface area contributed by atoms with E-state index in [4.69, 9.17) is 4.74 Å². The van der Waals surface area contributed by atoms with Gasteiger partial charge in [0.15, 0.2) is 0 Å². The summed E-state index contributed by atoms with van der Waals surface area (Å²) in [5, 5.41) is 14.4. The van der Waals surface area contributed by atoms with Crippen LogP contribution in [0.4, 0.5) is 10.1 Å². The maximum atomic E-state index is 13.3. The van der Waals surface area contributed by atoms with Gasteiger partial charge >= 0.3 is 11.8 Å². The predicted octanol–water partition coefficient (Wildman–Crippen LogP) is 0.0318. The summed E-state index contributed by atoms with van der Waals surface area (Å²) in [5.74, 6) is -2.55. The lowest BCUT2D eigenvalue weighted by Crippen LogP contribution is -2.46. The molecule has 0 spiro atoms. The lowest BCUT2D eigenvalue weighted by molar-refractivity contribution is -0.136. The van der Waals surface area contributed by atoms with Gasteiger partial charge in [0.25, 0.3) is 0 Å². The first-order chi connectivity index (χ1) is 9.50. The highest BCUT2D eigenvalue weighted by Gasteiger charge is 2.33. The maximum absolute atomic E-state index is 13.3. The van der Waals surface area contributed by atoms with E-state index in [1.54, 1.807) is 0 Å². The van der Waals surface area contributed by atoms with E-state index < -0.39 is 23.2 Å². The van der Waals surface area contributed by atoms with Crippen molar-refractivity contribution in [3.8, 4) is 0 Å². The Bertz CT molecular complexity index is 515. The third-order valence-corrected chi connectivity index (χ3v) is 2.99. The van der Waals surface area contributed by atoms with Crippen LogP contribution in [-0.2, 0) is 14.3 Å². The van der Waals surface area contributed by atoms with Crippen LogP contribution in [0, 0.1) is 5.82 Å². The molecule has 1 aromatic rings. The zero-order valence-electron chi connectivity index (χ0n) is 10.7. The highest BCUT2D eigenvalue weighted by atomic mass is 19.1. The molecule has 6 nitrogen and oxygen atoms in total. The molecule has 1 aliphatic heterocycles. The summed E-state index contributed by atoms with van der Waals surface area (Å²) in [6.45, 7) is 0.437. The third kappa shape index (κ3) is 3.52. The van der Waals surface area contributed by atoms with Crippen LogP contribution in [0.15, 0.2) is 24.3 Å². The SMILES string of the molecule is O=C(NC[C@@]1(O)CCOC1)C(=O)Nc1ccccc1F. The topological polar surface area (TPSA) is 87.7 Å². The van der Waals surface area contributed by atoms with Gasteiger partial charge in [0.1, 0.15) is 11.4 Å². The van der Waals surface area contributed by atoms with Crippen molar-refractivity contribution in [3.63, 3.8) is 0 Å². The molecule has 108 valence electrons. The van der Waals surface area contributed by atoms with Crippen molar-refractivity contribution in [1.82, 2.24) is 5.32 Å². The number of rotatable bonds is 3. The Morgan fingerprint density at radius 2 is 2.10 bits per heavy atom. The Morgan fingerprint density at radius 1 is 1.35 bits per heavy atom. The Balaban J connectivity index is 1.86. The van der Waals surface area contributed by atoms with Crippen molar-refractivity contribution in [2.45, 2.75) is 12.0 Å². The summed E-state index contributed by atoms with van der Waals surface area (Å²) in [5.41, 5.74) is -1.22. The highest BCUT2D eigenvalue weighted by molar-refractivity contribution is 6.39. The van der Waals surface area contributed by atoms with Crippen LogP contribution < -0.4 is 10.6 Å². The molecule has 7 heteroatoms. The van der Waals surface area contributed by atoms with E-state index in [1.807, 2.05) is 0 Å². The number of para-hydroxylation sites is 1. The second kappa shape index (κ2) is 5.98. The molecule has 3 N–H and O–H groups in total. The molecule has 1 aromatic carbocycles. The van der Waals surface area contributed by atoms with Gasteiger partial charge in [-0.3, -0.25) is 9.59 Å². The molecular weight excluding hydrogens is 267 g/mol. The number of hydrogen-bond acceptors (Lipinski definition) is 4. The van der Waals surface area contributed by atoms with Crippen molar-refractivity contribution in [2.24, 2.45) is 0 Å². The summed E-state index contributed by atoms with van der Waals surface area (Å²) in [4.78, 5) is 23.1. The first kappa shape index (κ1) is 14.4. The zero-order chi connectivity index (χ0) is 14.6. The number of hydrogen-bond donors (Lipinski definition) is 3. The van der Waals surface area contributed by atoms with E-state index in [2.05, 4.69) is 10.6 Å². The van der Waals surface area contributed by atoms with E-state index in [0.29, 0.717) is 13.0 Å². The second-order valence-electron chi connectivity index (χ2n) is 4.64. The van der Waals surface area contributed by atoms with Gasteiger partial charge in [-0.25, -0.2) is 4.39 Å². The molecule has 0 aromatic heterocycles. The lowest BCUT2D eigenvalue weighted by Gasteiger charge is -2.20. The maximum Gasteiger partial charge on any atom is 0.313 e. The van der Waals surface area contributed by atoms with Gasteiger partial charge in [0.05, 0.1) is 12.3 Å². The molecule has 1 aliphatic rings. The molecule has 0 bridgehead atoms. The molecule has 2 amide bonds. The molecule has 0 saturated carbocycles. The predicted molar refractivity (Wildman–Crippen MR) is 68.4 cm³/mol. The fourth-order valence-electron chi connectivity index (χ4n) is 1.80. The van der Waals surface area contributed by atoms with Crippen LogP contribution in [0.3, 0.4) is 0 Å². The summed E-state index contributed by atoms with van der Waals surface area (Å²) < 4.78 is 18.3.